The molecule has 3 rings (SSSR count). The number of halogens is 1. The van der Waals surface area contributed by atoms with Gasteiger partial charge in [-0.1, -0.05) is 0 Å². The molecule has 0 unspecified atom stereocenters. The summed E-state index contributed by atoms with van der Waals surface area (Å²) in [6, 6.07) is 11.3. The van der Waals surface area contributed by atoms with Crippen molar-refractivity contribution in [3.05, 3.63) is 91.0 Å². The van der Waals surface area contributed by atoms with Gasteiger partial charge in [-0.15, -0.1) is 17.0 Å². The third-order valence-corrected chi connectivity index (χ3v) is 5.75. The first-order chi connectivity index (χ1) is 15.5. The lowest BCUT2D eigenvalue weighted by Crippen LogP contribution is -2.39. The molecule has 0 spiro atoms. The second-order valence-electron chi connectivity index (χ2n) is 7.46. The lowest BCUT2D eigenvalue weighted by Gasteiger charge is -2.29. The molecule has 2 N–H and O–H groups in total. The van der Waals surface area contributed by atoms with Gasteiger partial charge in [-0.05, 0) is 47.5 Å². The van der Waals surface area contributed by atoms with Gasteiger partial charge in [0, 0.05) is 55.0 Å². The van der Waals surface area contributed by atoms with E-state index in [1.807, 2.05) is 0 Å². The van der Waals surface area contributed by atoms with Crippen LogP contribution in [0.15, 0.2) is 59.7 Å². The van der Waals surface area contributed by atoms with Crippen molar-refractivity contribution in [3.63, 3.8) is 0 Å². The van der Waals surface area contributed by atoms with Gasteiger partial charge in [-0.3, -0.25) is 34.5 Å². The molecule has 1 aliphatic rings. The summed E-state index contributed by atoms with van der Waals surface area (Å²) in [6.07, 6.45) is 2.79. The van der Waals surface area contributed by atoms with Gasteiger partial charge < -0.3 is 9.79 Å². The van der Waals surface area contributed by atoms with Crippen LogP contribution in [0.2, 0.25) is 0 Å². The van der Waals surface area contributed by atoms with Crippen molar-refractivity contribution in [1.82, 2.24) is 4.90 Å². The largest absolute Gasteiger partial charge is 0.326 e. The Labute approximate surface area is 204 Å². The van der Waals surface area contributed by atoms with Crippen LogP contribution in [0.5, 0.6) is 0 Å². The van der Waals surface area contributed by atoms with E-state index in [0.717, 1.165) is 0 Å². The van der Waals surface area contributed by atoms with Crippen molar-refractivity contribution >= 4 is 53.9 Å². The predicted molar refractivity (Wildman–Crippen MR) is 131 cm³/mol. The molecule has 0 atom stereocenters. The predicted octanol–water partition coefficient (Wildman–Crippen LogP) is 3.61. The Balaban J connectivity index is 0.00000408. The van der Waals surface area contributed by atoms with Crippen LogP contribution in [0.3, 0.4) is 0 Å². The van der Waals surface area contributed by atoms with Gasteiger partial charge >= 0.3 is 7.60 Å². The van der Waals surface area contributed by atoms with Gasteiger partial charge in [0.2, 0.25) is 0 Å². The Hall–Kier alpha value is -3.02. The maximum absolute atomic E-state index is 13.1. The zero-order valence-corrected chi connectivity index (χ0v) is 20.3. The first-order valence-corrected chi connectivity index (χ1v) is 11.5. The fourth-order valence-electron chi connectivity index (χ4n) is 3.33. The zero-order chi connectivity index (χ0) is 24.2. The van der Waals surface area contributed by atoms with Crippen molar-refractivity contribution in [3.8, 4) is 0 Å². The Morgan fingerprint density at radius 2 is 1.24 bits per heavy atom. The van der Waals surface area contributed by atoms with Gasteiger partial charge in [0.15, 0.2) is 5.78 Å². The van der Waals surface area contributed by atoms with Crippen LogP contribution in [0.4, 0.5) is 11.4 Å². The zero-order valence-electron chi connectivity index (χ0n) is 17.6. The number of Topliss-reactive ketones (excluding diaryl/α,β-unsaturated/α-hetero) is 1. The summed E-state index contributed by atoms with van der Waals surface area (Å²) >= 11 is 0. The molecule has 2 aromatic rings. The van der Waals surface area contributed by atoms with E-state index in [4.69, 9.17) is 0 Å². The molecule has 2 aromatic carbocycles. The SMILES string of the molecule is Br.O=C1/C(=C/c2ccc([N+](=O)[O-])cc2)CN(CCP(=O)(O)O)C/C1=C\c1ccc([N+](=O)[O-])cc1. The summed E-state index contributed by atoms with van der Waals surface area (Å²) in [5, 5.41) is 21.7. The highest BCUT2D eigenvalue weighted by atomic mass is 79.9. The number of nitro benzene ring substituents is 2. The van der Waals surface area contributed by atoms with Crippen LogP contribution in [-0.2, 0) is 9.36 Å². The van der Waals surface area contributed by atoms with E-state index in [0.29, 0.717) is 22.3 Å². The molecule has 0 amide bonds. The maximum atomic E-state index is 13.1. The standard InChI is InChI=1S/C21H20N3O8P.BrH/c25-21-17(11-15-1-5-19(6-2-15)23(26)27)13-22(9-10-33(30,31)32)14-18(21)12-16-3-7-20(8-4-16)24(28)29;/h1-8,11-12H,9-10,13-14H2,(H2,30,31,32);1H/b17-11+,18-12+;. The van der Waals surface area contributed by atoms with Gasteiger partial charge in [-0.25, -0.2) is 0 Å². The second kappa shape index (κ2) is 11.4. The molecule has 0 saturated carbocycles. The first kappa shape index (κ1) is 27.2. The number of hydrogen-bond acceptors (Lipinski definition) is 7. The highest BCUT2D eigenvalue weighted by Crippen LogP contribution is 2.34. The fourth-order valence-corrected chi connectivity index (χ4v) is 3.87. The number of benzene rings is 2. The lowest BCUT2D eigenvalue weighted by molar-refractivity contribution is -0.385. The van der Waals surface area contributed by atoms with E-state index in [1.165, 1.54) is 48.5 Å². The molecule has 1 aliphatic heterocycles. The molecule has 1 fully saturated rings. The minimum absolute atomic E-state index is 0. The van der Waals surface area contributed by atoms with Crippen LogP contribution in [-0.4, -0.2) is 56.1 Å². The Kier molecular flexibility index (Phi) is 9.14. The highest BCUT2D eigenvalue weighted by Gasteiger charge is 2.27. The van der Waals surface area contributed by atoms with E-state index in [2.05, 4.69) is 0 Å². The smallest absolute Gasteiger partial charge is 0.324 e. The number of carbonyl (C=O) groups is 1. The van der Waals surface area contributed by atoms with Gasteiger partial charge in [0.25, 0.3) is 11.4 Å². The third-order valence-electron chi connectivity index (χ3n) is 4.97. The Morgan fingerprint density at radius 3 is 1.56 bits per heavy atom. The van der Waals surface area contributed by atoms with Crippen molar-refractivity contribution in [1.29, 1.82) is 0 Å². The molecule has 11 nitrogen and oxygen atoms in total. The normalized spacial score (nSPS) is 16.9. The summed E-state index contributed by atoms with van der Waals surface area (Å²) in [6.45, 7) is 0.341. The van der Waals surface area contributed by atoms with Gasteiger partial charge in [0.05, 0.1) is 16.0 Å². The third kappa shape index (κ3) is 7.51. The minimum atomic E-state index is -4.24. The van der Waals surface area contributed by atoms with E-state index in [9.17, 15) is 39.4 Å². The summed E-state index contributed by atoms with van der Waals surface area (Å²) in [7, 11) is -4.24. The molecule has 0 aromatic heterocycles. The second-order valence-corrected chi connectivity index (χ2v) is 9.24. The Bertz CT molecular complexity index is 1110. The van der Waals surface area contributed by atoms with Crippen molar-refractivity contribution in [2.45, 2.75) is 0 Å². The van der Waals surface area contributed by atoms with E-state index in [-0.39, 0.29) is 59.9 Å². The van der Waals surface area contributed by atoms with Crippen LogP contribution >= 0.6 is 24.6 Å². The average Bonchev–Trinajstić information content (AvgIpc) is 2.75. The van der Waals surface area contributed by atoms with Gasteiger partial charge in [-0.2, -0.15) is 0 Å². The number of piperidine rings is 1. The van der Waals surface area contributed by atoms with Crippen molar-refractivity contribution in [2.75, 3.05) is 25.8 Å². The number of non-ortho nitro benzene ring substituents is 2. The molecule has 0 bridgehead atoms. The summed E-state index contributed by atoms with van der Waals surface area (Å²) in [4.78, 5) is 53.9. The number of ketones is 1. The topological polar surface area (TPSA) is 164 Å². The van der Waals surface area contributed by atoms with Crippen molar-refractivity contribution in [2.24, 2.45) is 0 Å². The quantitative estimate of drug-likeness (QED) is 0.225. The maximum Gasteiger partial charge on any atom is 0.326 e. The van der Waals surface area contributed by atoms with Crippen LogP contribution in [0.1, 0.15) is 11.1 Å². The summed E-state index contributed by atoms with van der Waals surface area (Å²) in [5.74, 6) is -0.279. The summed E-state index contributed by atoms with van der Waals surface area (Å²) in [5.41, 5.74) is 1.66. The van der Waals surface area contributed by atoms with E-state index in [1.54, 1.807) is 17.1 Å². The molecule has 0 aliphatic carbocycles. The molecule has 1 saturated heterocycles. The van der Waals surface area contributed by atoms with Crippen LogP contribution in [0.25, 0.3) is 12.2 Å². The average molecular weight is 554 g/mol. The fraction of sp³-hybridized carbons (Fsp3) is 0.190. The molecule has 13 heteroatoms. The molecular weight excluding hydrogens is 533 g/mol. The Morgan fingerprint density at radius 1 is 0.853 bits per heavy atom. The van der Waals surface area contributed by atoms with Crippen LogP contribution < -0.4 is 0 Å². The number of likely N-dealkylation sites (tertiary alicyclic amines) is 1. The number of carbonyl (C=O) groups excluding carboxylic acids is 1. The minimum Gasteiger partial charge on any atom is -0.324 e. The lowest BCUT2D eigenvalue weighted by atomic mass is 9.94. The monoisotopic (exact) mass is 553 g/mol. The molecular formula is C21H21BrN3O8P. The number of nitro groups is 2. The summed E-state index contributed by atoms with van der Waals surface area (Å²) < 4.78 is 11.3. The molecule has 0 radical (unpaired) electrons. The molecule has 34 heavy (non-hydrogen) atoms. The van der Waals surface area contributed by atoms with E-state index < -0.39 is 17.4 Å². The molecule has 1 heterocycles. The van der Waals surface area contributed by atoms with Gasteiger partial charge in [0.1, 0.15) is 0 Å². The first-order valence-electron chi connectivity index (χ1n) is 9.73. The van der Waals surface area contributed by atoms with Crippen LogP contribution in [0, 0.1) is 20.2 Å². The number of rotatable bonds is 7. The number of nitrogens with zero attached hydrogens (tertiary/aromatic N) is 3. The van der Waals surface area contributed by atoms with E-state index >= 15 is 0 Å². The highest BCUT2D eigenvalue weighted by molar-refractivity contribution is 8.93. The van der Waals surface area contributed by atoms with Crippen molar-refractivity contribution < 1.29 is 29.0 Å². The molecule has 180 valence electrons. The number of hydrogen-bond donors (Lipinski definition) is 2.